The van der Waals surface area contributed by atoms with E-state index in [2.05, 4.69) is 4.98 Å². The summed E-state index contributed by atoms with van der Waals surface area (Å²) in [5.41, 5.74) is 0.478. The first-order valence-electron chi connectivity index (χ1n) is 8.36. The van der Waals surface area contributed by atoms with E-state index < -0.39 is 23.9 Å². The number of aromatic carboxylic acids is 4. The van der Waals surface area contributed by atoms with Crippen molar-refractivity contribution in [2.75, 3.05) is 0 Å². The van der Waals surface area contributed by atoms with E-state index in [4.69, 9.17) is 0 Å². The van der Waals surface area contributed by atoms with E-state index in [1.165, 1.54) is 36.5 Å². The van der Waals surface area contributed by atoms with E-state index >= 15 is 0 Å². The highest BCUT2D eigenvalue weighted by atomic mass is 16.4. The lowest BCUT2D eigenvalue weighted by Gasteiger charge is -2.08. The Balaban J connectivity index is 2.06. The van der Waals surface area contributed by atoms with Crippen molar-refractivity contribution in [2.45, 2.75) is 0 Å². The molecule has 0 aliphatic carbocycles. The summed E-state index contributed by atoms with van der Waals surface area (Å²) >= 11 is 0. The van der Waals surface area contributed by atoms with Crippen molar-refractivity contribution in [1.29, 1.82) is 0 Å². The van der Waals surface area contributed by atoms with Crippen LogP contribution in [0.5, 0.6) is 0 Å². The number of aromatic nitrogens is 1. The Kier molecular flexibility index (Phi) is 5.28. The van der Waals surface area contributed by atoms with Crippen LogP contribution in [0.3, 0.4) is 0 Å². The maximum Gasteiger partial charge on any atom is 0.335 e. The van der Waals surface area contributed by atoms with Crippen LogP contribution in [0.25, 0.3) is 22.4 Å². The highest BCUT2D eigenvalue weighted by Crippen LogP contribution is 2.26. The third-order valence-electron chi connectivity index (χ3n) is 4.25. The summed E-state index contributed by atoms with van der Waals surface area (Å²) in [6.45, 7) is 0. The molecule has 0 radical (unpaired) electrons. The monoisotopic (exact) mass is 407 g/mol. The average Bonchev–Trinajstić information content (AvgIpc) is 2.73. The summed E-state index contributed by atoms with van der Waals surface area (Å²) in [5.74, 6) is -5.14. The van der Waals surface area contributed by atoms with Gasteiger partial charge in [0.1, 0.15) is 0 Å². The fourth-order valence-electron chi connectivity index (χ4n) is 2.80. The number of carboxylic acids is 4. The minimum atomic E-state index is -1.29. The Morgan fingerprint density at radius 1 is 0.533 bits per heavy atom. The van der Waals surface area contributed by atoms with E-state index in [0.717, 1.165) is 12.1 Å². The first-order chi connectivity index (χ1) is 14.2. The largest absolute Gasteiger partial charge is 0.478 e. The van der Waals surface area contributed by atoms with Crippen molar-refractivity contribution >= 4 is 23.9 Å². The Hall–Kier alpha value is -4.53. The second kappa shape index (κ2) is 7.84. The molecule has 3 rings (SSSR count). The molecule has 0 aliphatic rings. The molecule has 9 heteroatoms. The number of rotatable bonds is 6. The molecule has 0 unspecified atom stereocenters. The molecule has 4 N–H and O–H groups in total. The van der Waals surface area contributed by atoms with Crippen LogP contribution >= 0.6 is 0 Å². The summed E-state index contributed by atoms with van der Waals surface area (Å²) in [6.07, 6.45) is 1.36. The average molecular weight is 407 g/mol. The minimum Gasteiger partial charge on any atom is -0.478 e. The van der Waals surface area contributed by atoms with Gasteiger partial charge in [0, 0.05) is 17.3 Å². The molecule has 0 atom stereocenters. The predicted molar refractivity (Wildman–Crippen MR) is 103 cm³/mol. The Bertz CT molecular complexity index is 1040. The summed E-state index contributed by atoms with van der Waals surface area (Å²) in [6, 6.07) is 10.3. The second-order valence-electron chi connectivity index (χ2n) is 6.25. The van der Waals surface area contributed by atoms with E-state index in [9.17, 15) is 39.6 Å². The molecule has 1 heterocycles. The fraction of sp³-hybridized carbons (Fsp3) is 0. The van der Waals surface area contributed by atoms with Crippen molar-refractivity contribution in [2.24, 2.45) is 0 Å². The number of benzene rings is 2. The van der Waals surface area contributed by atoms with E-state index in [0.29, 0.717) is 11.1 Å². The molecular formula is C21H13NO8. The maximum absolute atomic E-state index is 11.3. The molecule has 9 nitrogen and oxygen atoms in total. The summed E-state index contributed by atoms with van der Waals surface area (Å²) in [4.78, 5) is 49.3. The zero-order chi connectivity index (χ0) is 22.0. The number of hydrogen-bond acceptors (Lipinski definition) is 5. The molecule has 3 aromatic rings. The number of pyridine rings is 1. The zero-order valence-electron chi connectivity index (χ0n) is 15.1. The first-order valence-corrected chi connectivity index (χ1v) is 8.36. The maximum atomic E-state index is 11.3. The van der Waals surface area contributed by atoms with Gasteiger partial charge in [-0.15, -0.1) is 0 Å². The molecular weight excluding hydrogens is 394 g/mol. The van der Waals surface area contributed by atoms with Crippen LogP contribution in [0.4, 0.5) is 0 Å². The lowest BCUT2D eigenvalue weighted by Crippen LogP contribution is -2.03. The molecule has 0 saturated carbocycles. The number of nitrogens with zero attached hydrogens (tertiary/aromatic N) is 1. The van der Waals surface area contributed by atoms with Gasteiger partial charge in [0.25, 0.3) is 0 Å². The highest BCUT2D eigenvalue weighted by molar-refractivity contribution is 5.97. The van der Waals surface area contributed by atoms with Gasteiger partial charge in [-0.2, -0.15) is 0 Å². The van der Waals surface area contributed by atoms with E-state index in [1.54, 1.807) is 6.07 Å². The van der Waals surface area contributed by atoms with Gasteiger partial charge in [0.05, 0.1) is 27.9 Å². The van der Waals surface area contributed by atoms with Crippen LogP contribution < -0.4 is 0 Å². The molecule has 0 bridgehead atoms. The van der Waals surface area contributed by atoms with Gasteiger partial charge < -0.3 is 20.4 Å². The standard InChI is InChI=1S/C21H13NO8/c23-18(24)13-3-11(4-14(7-13)19(25)26)10-1-2-17(22-9-10)12-5-15(20(27)28)8-16(6-12)21(29)30/h1-9H,(H,23,24)(H,25,26)(H,27,28)(H,29,30). The molecule has 150 valence electrons. The summed E-state index contributed by atoms with van der Waals surface area (Å²) < 4.78 is 0. The Morgan fingerprint density at radius 2 is 0.933 bits per heavy atom. The SMILES string of the molecule is O=C(O)c1cc(C(=O)O)cc(-c2ccc(-c3cc(C(=O)O)cc(C(=O)O)c3)nc2)c1. The van der Waals surface area contributed by atoms with Gasteiger partial charge in [-0.1, -0.05) is 6.07 Å². The normalized spacial score (nSPS) is 10.4. The number of carbonyl (C=O) groups is 4. The Morgan fingerprint density at radius 3 is 1.27 bits per heavy atom. The van der Waals surface area contributed by atoms with Gasteiger partial charge in [0.15, 0.2) is 0 Å². The van der Waals surface area contributed by atoms with Gasteiger partial charge >= 0.3 is 23.9 Å². The van der Waals surface area contributed by atoms with Crippen LogP contribution in [-0.2, 0) is 0 Å². The third kappa shape index (κ3) is 4.14. The quantitative estimate of drug-likeness (QED) is 0.480. The lowest BCUT2D eigenvalue weighted by atomic mass is 9.99. The highest BCUT2D eigenvalue weighted by Gasteiger charge is 2.15. The van der Waals surface area contributed by atoms with Crippen LogP contribution in [0.15, 0.2) is 54.7 Å². The number of carboxylic acid groups (broad SMARTS) is 4. The van der Waals surface area contributed by atoms with Crippen LogP contribution in [0.2, 0.25) is 0 Å². The van der Waals surface area contributed by atoms with Gasteiger partial charge in [-0.05, 0) is 48.0 Å². The lowest BCUT2D eigenvalue weighted by molar-refractivity contribution is 0.0676. The third-order valence-corrected chi connectivity index (χ3v) is 4.25. The minimum absolute atomic E-state index is 0.200. The van der Waals surface area contributed by atoms with Gasteiger partial charge in [-0.3, -0.25) is 4.98 Å². The predicted octanol–water partition coefficient (Wildman–Crippen LogP) is 3.21. The fourth-order valence-corrected chi connectivity index (χ4v) is 2.80. The van der Waals surface area contributed by atoms with Crippen LogP contribution in [0.1, 0.15) is 41.4 Å². The molecule has 0 saturated heterocycles. The van der Waals surface area contributed by atoms with Crippen molar-refractivity contribution in [3.63, 3.8) is 0 Å². The zero-order valence-corrected chi connectivity index (χ0v) is 15.1. The molecule has 0 aliphatic heterocycles. The molecule has 30 heavy (non-hydrogen) atoms. The van der Waals surface area contributed by atoms with Crippen molar-refractivity contribution < 1.29 is 39.6 Å². The first kappa shape index (κ1) is 20.2. The number of hydrogen-bond donors (Lipinski definition) is 4. The summed E-state index contributed by atoms with van der Waals surface area (Å²) in [7, 11) is 0. The second-order valence-corrected chi connectivity index (χ2v) is 6.25. The van der Waals surface area contributed by atoms with Crippen LogP contribution in [-0.4, -0.2) is 49.3 Å². The van der Waals surface area contributed by atoms with Gasteiger partial charge in [-0.25, -0.2) is 19.2 Å². The van der Waals surface area contributed by atoms with Crippen molar-refractivity contribution in [1.82, 2.24) is 4.98 Å². The molecule has 2 aromatic carbocycles. The molecule has 0 fully saturated rings. The van der Waals surface area contributed by atoms with Crippen molar-refractivity contribution in [3.05, 3.63) is 77.0 Å². The topological polar surface area (TPSA) is 162 Å². The van der Waals surface area contributed by atoms with E-state index in [-0.39, 0.29) is 33.5 Å². The summed E-state index contributed by atoms with van der Waals surface area (Å²) in [5, 5.41) is 36.8. The molecule has 0 spiro atoms. The Labute approximate surface area is 168 Å². The van der Waals surface area contributed by atoms with Crippen molar-refractivity contribution in [3.8, 4) is 22.4 Å². The molecule has 0 amide bonds. The molecule has 1 aromatic heterocycles. The van der Waals surface area contributed by atoms with Gasteiger partial charge in [0.2, 0.25) is 0 Å². The smallest absolute Gasteiger partial charge is 0.335 e. The van der Waals surface area contributed by atoms with E-state index in [1.807, 2.05) is 0 Å². The van der Waals surface area contributed by atoms with Crippen LogP contribution in [0, 0.1) is 0 Å².